The number of carbonyl (C=O) groups excluding carboxylic acids is 1. The maximum atomic E-state index is 12.5. The Kier molecular flexibility index (Phi) is 3.82. The minimum Gasteiger partial charge on any atom is -0.308 e. The van der Waals surface area contributed by atoms with Crippen LogP contribution in [0.3, 0.4) is 0 Å². The molecular formula is C15H13N5O4. The highest BCUT2D eigenvalue weighted by Crippen LogP contribution is 2.11. The Labute approximate surface area is 134 Å². The number of aryl methyl sites for hydroxylation is 1. The molecule has 0 atom stereocenters. The summed E-state index contributed by atoms with van der Waals surface area (Å²) in [5, 5.41) is 2.98. The van der Waals surface area contributed by atoms with Crippen LogP contribution in [0.25, 0.3) is 11.0 Å². The summed E-state index contributed by atoms with van der Waals surface area (Å²) in [6.07, 6.45) is 1.56. The van der Waals surface area contributed by atoms with Crippen LogP contribution in [0, 0.1) is 0 Å². The van der Waals surface area contributed by atoms with Gasteiger partial charge < -0.3 is 5.32 Å². The van der Waals surface area contributed by atoms with Gasteiger partial charge in [0.1, 0.15) is 17.0 Å². The molecule has 3 aromatic heterocycles. The van der Waals surface area contributed by atoms with E-state index in [4.69, 9.17) is 0 Å². The van der Waals surface area contributed by atoms with Crippen molar-refractivity contribution >= 4 is 22.8 Å². The monoisotopic (exact) mass is 327 g/mol. The summed E-state index contributed by atoms with van der Waals surface area (Å²) in [5.74, 6) is -0.823. The van der Waals surface area contributed by atoms with Gasteiger partial charge in [-0.05, 0) is 25.1 Å². The van der Waals surface area contributed by atoms with Crippen LogP contribution >= 0.6 is 0 Å². The lowest BCUT2D eigenvalue weighted by atomic mass is 10.2. The molecule has 0 unspecified atom stereocenters. The van der Waals surface area contributed by atoms with Crippen LogP contribution in [-0.2, 0) is 6.54 Å². The normalized spacial score (nSPS) is 10.7. The molecule has 0 aliphatic heterocycles. The average molecular weight is 327 g/mol. The summed E-state index contributed by atoms with van der Waals surface area (Å²) < 4.78 is 1.38. The van der Waals surface area contributed by atoms with Crippen LogP contribution in [-0.4, -0.2) is 25.4 Å². The van der Waals surface area contributed by atoms with Crippen molar-refractivity contribution < 1.29 is 4.79 Å². The smallest absolute Gasteiger partial charge is 0.308 e. The summed E-state index contributed by atoms with van der Waals surface area (Å²) in [6.45, 7) is 2.11. The summed E-state index contributed by atoms with van der Waals surface area (Å²) in [4.78, 5) is 55.8. The number of amides is 1. The second-order valence-electron chi connectivity index (χ2n) is 4.98. The van der Waals surface area contributed by atoms with E-state index in [2.05, 4.69) is 15.3 Å². The number of aromatic amines is 2. The van der Waals surface area contributed by atoms with Gasteiger partial charge >= 0.3 is 5.69 Å². The van der Waals surface area contributed by atoms with Gasteiger partial charge in [0.05, 0.1) is 0 Å². The summed E-state index contributed by atoms with van der Waals surface area (Å²) in [6, 6.07) is 5.88. The molecule has 0 fully saturated rings. The Balaban J connectivity index is 2.10. The topological polar surface area (TPSA) is 130 Å². The van der Waals surface area contributed by atoms with Crippen LogP contribution in [0.2, 0.25) is 0 Å². The number of hydrogen-bond acceptors (Lipinski definition) is 5. The van der Waals surface area contributed by atoms with Crippen molar-refractivity contribution in [3.63, 3.8) is 0 Å². The number of carbonyl (C=O) groups is 1. The Bertz CT molecular complexity index is 1080. The molecule has 122 valence electrons. The number of anilines is 1. The standard InChI is InChI=1S/C15H13N5O4/c1-2-20-12-8(4-3-5-16-12)6-9(14(20)23)13(22)17-10-7-11(21)19-15(24)18-10/h3-7H,2H2,1H3,(H3,17,18,19,21,22,24). The van der Waals surface area contributed by atoms with E-state index in [0.717, 1.165) is 6.07 Å². The number of fused-ring (bicyclic) bond motifs is 1. The number of H-pyrrole nitrogens is 2. The fraction of sp³-hybridized carbons (Fsp3) is 0.133. The Morgan fingerprint density at radius 3 is 2.75 bits per heavy atom. The molecule has 3 heterocycles. The minimum absolute atomic E-state index is 0.0949. The van der Waals surface area contributed by atoms with Crippen molar-refractivity contribution in [2.75, 3.05) is 5.32 Å². The first-order chi connectivity index (χ1) is 11.5. The average Bonchev–Trinajstić information content (AvgIpc) is 2.53. The number of nitrogens with zero attached hydrogens (tertiary/aromatic N) is 2. The number of aromatic nitrogens is 4. The minimum atomic E-state index is -0.758. The van der Waals surface area contributed by atoms with Gasteiger partial charge in [0.2, 0.25) is 0 Å². The second kappa shape index (κ2) is 5.95. The highest BCUT2D eigenvalue weighted by Gasteiger charge is 2.16. The fourth-order valence-electron chi connectivity index (χ4n) is 2.39. The maximum Gasteiger partial charge on any atom is 0.327 e. The van der Waals surface area contributed by atoms with Crippen LogP contribution in [0.15, 0.2) is 44.8 Å². The van der Waals surface area contributed by atoms with Crippen LogP contribution < -0.4 is 22.1 Å². The SMILES string of the molecule is CCn1c(=O)c(C(=O)Nc2cc(=O)[nH]c(=O)[nH]2)cc2cccnc21. The van der Waals surface area contributed by atoms with Crippen molar-refractivity contribution in [1.82, 2.24) is 19.5 Å². The number of hydrogen-bond donors (Lipinski definition) is 3. The Hall–Kier alpha value is -3.49. The van der Waals surface area contributed by atoms with Crippen molar-refractivity contribution in [3.05, 3.63) is 67.2 Å². The van der Waals surface area contributed by atoms with Gasteiger partial charge in [0.15, 0.2) is 0 Å². The van der Waals surface area contributed by atoms with E-state index in [1.54, 1.807) is 25.3 Å². The second-order valence-corrected chi connectivity index (χ2v) is 4.98. The largest absolute Gasteiger partial charge is 0.327 e. The lowest BCUT2D eigenvalue weighted by Gasteiger charge is -2.10. The Morgan fingerprint density at radius 2 is 2.04 bits per heavy atom. The molecule has 0 saturated carbocycles. The lowest BCUT2D eigenvalue weighted by Crippen LogP contribution is -2.31. The lowest BCUT2D eigenvalue weighted by molar-refractivity contribution is 0.102. The molecule has 3 N–H and O–H groups in total. The van der Waals surface area contributed by atoms with Crippen LogP contribution in [0.5, 0.6) is 0 Å². The third kappa shape index (κ3) is 2.74. The molecule has 9 heteroatoms. The molecule has 0 spiro atoms. The predicted molar refractivity (Wildman–Crippen MR) is 87.3 cm³/mol. The zero-order valence-electron chi connectivity index (χ0n) is 12.6. The molecular weight excluding hydrogens is 314 g/mol. The van der Waals surface area contributed by atoms with Gasteiger partial charge in [-0.25, -0.2) is 9.78 Å². The molecule has 0 aliphatic carbocycles. The first-order valence-corrected chi connectivity index (χ1v) is 7.13. The van der Waals surface area contributed by atoms with E-state index < -0.39 is 22.7 Å². The van der Waals surface area contributed by atoms with Crippen molar-refractivity contribution in [2.24, 2.45) is 0 Å². The van der Waals surface area contributed by atoms with Gasteiger partial charge in [-0.3, -0.25) is 28.9 Å². The van der Waals surface area contributed by atoms with E-state index in [0.29, 0.717) is 17.6 Å². The maximum absolute atomic E-state index is 12.5. The molecule has 0 bridgehead atoms. The quantitative estimate of drug-likeness (QED) is 0.625. The van der Waals surface area contributed by atoms with Gasteiger partial charge in [-0.1, -0.05) is 0 Å². The first kappa shape index (κ1) is 15.4. The van der Waals surface area contributed by atoms with E-state index in [-0.39, 0.29) is 11.4 Å². The van der Waals surface area contributed by atoms with E-state index in [1.165, 1.54) is 10.6 Å². The number of nitrogens with one attached hydrogen (secondary N) is 3. The molecule has 9 nitrogen and oxygen atoms in total. The predicted octanol–water partition coefficient (Wildman–Crippen LogP) is 0.0453. The highest BCUT2D eigenvalue weighted by atomic mass is 16.2. The zero-order valence-corrected chi connectivity index (χ0v) is 12.6. The van der Waals surface area contributed by atoms with E-state index in [9.17, 15) is 19.2 Å². The molecule has 0 aliphatic rings. The number of rotatable bonds is 3. The zero-order chi connectivity index (χ0) is 17.3. The molecule has 1 amide bonds. The molecule has 0 aromatic carbocycles. The van der Waals surface area contributed by atoms with Gasteiger partial charge in [-0.15, -0.1) is 0 Å². The third-order valence-electron chi connectivity index (χ3n) is 3.42. The van der Waals surface area contributed by atoms with Crippen LogP contribution in [0.1, 0.15) is 17.3 Å². The van der Waals surface area contributed by atoms with Gasteiger partial charge in [0, 0.05) is 24.2 Å². The van der Waals surface area contributed by atoms with Gasteiger partial charge in [-0.2, -0.15) is 0 Å². The summed E-state index contributed by atoms with van der Waals surface area (Å²) in [7, 11) is 0. The van der Waals surface area contributed by atoms with Crippen molar-refractivity contribution in [3.8, 4) is 0 Å². The van der Waals surface area contributed by atoms with E-state index >= 15 is 0 Å². The Morgan fingerprint density at radius 1 is 1.25 bits per heavy atom. The fourth-order valence-corrected chi connectivity index (χ4v) is 2.39. The van der Waals surface area contributed by atoms with Crippen molar-refractivity contribution in [1.29, 1.82) is 0 Å². The molecule has 3 rings (SSSR count). The molecule has 24 heavy (non-hydrogen) atoms. The van der Waals surface area contributed by atoms with E-state index in [1.807, 2.05) is 4.98 Å². The first-order valence-electron chi connectivity index (χ1n) is 7.13. The highest BCUT2D eigenvalue weighted by molar-refractivity contribution is 6.05. The summed E-state index contributed by atoms with van der Waals surface area (Å²) in [5.41, 5.74) is -1.56. The van der Waals surface area contributed by atoms with Gasteiger partial charge in [0.25, 0.3) is 17.0 Å². The number of pyridine rings is 2. The van der Waals surface area contributed by atoms with Crippen molar-refractivity contribution in [2.45, 2.75) is 13.5 Å². The molecule has 3 aromatic rings. The molecule has 0 saturated heterocycles. The molecule has 0 radical (unpaired) electrons. The third-order valence-corrected chi connectivity index (χ3v) is 3.42. The van der Waals surface area contributed by atoms with Crippen LogP contribution in [0.4, 0.5) is 5.82 Å². The summed E-state index contributed by atoms with van der Waals surface area (Å²) >= 11 is 0.